The van der Waals surface area contributed by atoms with Crippen molar-refractivity contribution in [3.05, 3.63) is 0 Å². The highest BCUT2D eigenvalue weighted by atomic mass is 32.2. The minimum absolute atomic E-state index is 0.141. The second kappa shape index (κ2) is 12.9. The van der Waals surface area contributed by atoms with Gasteiger partial charge in [0, 0.05) is 25.6 Å². The van der Waals surface area contributed by atoms with E-state index in [0.29, 0.717) is 6.42 Å². The molecule has 0 saturated heterocycles. The number of hydrogen-bond acceptors (Lipinski definition) is 4. The van der Waals surface area contributed by atoms with Gasteiger partial charge in [-0.25, -0.2) is 0 Å². The molecule has 1 amide bonds. The number of carbonyl (C=O) groups is 2. The molecule has 18 heavy (non-hydrogen) atoms. The van der Waals surface area contributed by atoms with E-state index in [4.69, 9.17) is 5.73 Å². The molecule has 0 radical (unpaired) electrons. The first-order valence-electron chi connectivity index (χ1n) is 6.77. The summed E-state index contributed by atoms with van der Waals surface area (Å²) in [4.78, 5) is 22.1. The van der Waals surface area contributed by atoms with E-state index in [2.05, 4.69) is 5.32 Å². The van der Waals surface area contributed by atoms with Gasteiger partial charge in [0.15, 0.2) is 5.12 Å². The number of rotatable bonds is 11. The Morgan fingerprint density at radius 2 is 1.78 bits per heavy atom. The second-order valence-corrected chi connectivity index (χ2v) is 5.62. The summed E-state index contributed by atoms with van der Waals surface area (Å²) in [6.45, 7) is 3.08. The lowest BCUT2D eigenvalue weighted by molar-refractivity contribution is -0.121. The van der Waals surface area contributed by atoms with Gasteiger partial charge in [0.1, 0.15) is 0 Å². The summed E-state index contributed by atoms with van der Waals surface area (Å²) in [5.74, 6) is 1.01. The molecule has 0 atom stereocenters. The van der Waals surface area contributed by atoms with Gasteiger partial charge in [-0.15, -0.1) is 0 Å². The second-order valence-electron chi connectivity index (χ2n) is 4.35. The van der Waals surface area contributed by atoms with Crippen molar-refractivity contribution in [3.8, 4) is 0 Å². The summed E-state index contributed by atoms with van der Waals surface area (Å²) < 4.78 is 0. The zero-order chi connectivity index (χ0) is 13.6. The molecule has 5 heteroatoms. The lowest BCUT2D eigenvalue weighted by Gasteiger charge is -2.04. The fourth-order valence-corrected chi connectivity index (χ4v) is 2.18. The maximum Gasteiger partial charge on any atom is 0.219 e. The molecule has 4 nitrogen and oxygen atoms in total. The van der Waals surface area contributed by atoms with Crippen molar-refractivity contribution < 1.29 is 9.59 Å². The van der Waals surface area contributed by atoms with E-state index >= 15 is 0 Å². The molecule has 0 aromatic heterocycles. The van der Waals surface area contributed by atoms with Crippen LogP contribution < -0.4 is 11.1 Å². The Kier molecular flexibility index (Phi) is 12.5. The van der Waals surface area contributed by atoms with Gasteiger partial charge in [-0.2, -0.15) is 0 Å². The van der Waals surface area contributed by atoms with Crippen LogP contribution in [0.1, 0.15) is 51.9 Å². The topological polar surface area (TPSA) is 72.2 Å². The van der Waals surface area contributed by atoms with Crippen LogP contribution in [0, 0.1) is 0 Å². The molecule has 0 heterocycles. The first-order valence-corrected chi connectivity index (χ1v) is 7.75. The third kappa shape index (κ3) is 13.5. The fraction of sp³-hybridized carbons (Fsp3) is 0.846. The Hall–Kier alpha value is -0.550. The summed E-state index contributed by atoms with van der Waals surface area (Å²) in [5, 5.41) is 3.08. The number of nitrogens with one attached hydrogen (secondary N) is 1. The predicted octanol–water partition coefficient (Wildman–Crippen LogP) is 2.07. The van der Waals surface area contributed by atoms with Crippen molar-refractivity contribution in [2.45, 2.75) is 51.9 Å². The van der Waals surface area contributed by atoms with Crippen LogP contribution in [0.15, 0.2) is 0 Å². The number of unbranched alkanes of at least 4 members (excludes halogenated alkanes) is 4. The molecular formula is C13H26N2O2S. The van der Waals surface area contributed by atoms with Crippen LogP contribution in [0.4, 0.5) is 0 Å². The lowest BCUT2D eigenvalue weighted by atomic mass is 10.2. The predicted molar refractivity (Wildman–Crippen MR) is 77.5 cm³/mol. The molecule has 0 aliphatic rings. The van der Waals surface area contributed by atoms with Gasteiger partial charge < -0.3 is 11.1 Å². The number of carbonyl (C=O) groups excluding carboxylic acids is 2. The van der Waals surface area contributed by atoms with Crippen LogP contribution in [-0.2, 0) is 9.59 Å². The number of amides is 1. The number of thioether (sulfide) groups is 1. The van der Waals surface area contributed by atoms with Crippen molar-refractivity contribution in [2.24, 2.45) is 5.73 Å². The molecule has 0 spiro atoms. The SMILES string of the molecule is CC(=O)SCCCCCC(=O)NCCCCCN. The highest BCUT2D eigenvalue weighted by Gasteiger charge is 2.00. The van der Waals surface area contributed by atoms with Gasteiger partial charge in [-0.05, 0) is 32.2 Å². The van der Waals surface area contributed by atoms with Crippen LogP contribution in [0.5, 0.6) is 0 Å². The third-order valence-electron chi connectivity index (χ3n) is 2.56. The fourth-order valence-electron chi connectivity index (χ4n) is 1.54. The van der Waals surface area contributed by atoms with E-state index in [-0.39, 0.29) is 11.0 Å². The highest BCUT2D eigenvalue weighted by molar-refractivity contribution is 8.13. The molecule has 0 saturated carbocycles. The van der Waals surface area contributed by atoms with Crippen LogP contribution in [0.25, 0.3) is 0 Å². The van der Waals surface area contributed by atoms with Crippen molar-refractivity contribution in [1.29, 1.82) is 0 Å². The maximum absolute atomic E-state index is 11.4. The van der Waals surface area contributed by atoms with Crippen LogP contribution >= 0.6 is 11.8 Å². The van der Waals surface area contributed by atoms with Gasteiger partial charge in [0.05, 0.1) is 0 Å². The standard InChI is InChI=1S/C13H26N2O2S/c1-12(16)18-11-7-2-4-8-13(17)15-10-6-3-5-9-14/h2-11,14H2,1H3,(H,15,17). The average molecular weight is 274 g/mol. The van der Waals surface area contributed by atoms with Crippen LogP contribution in [-0.4, -0.2) is 29.9 Å². The first-order chi connectivity index (χ1) is 8.66. The maximum atomic E-state index is 11.4. The molecular weight excluding hydrogens is 248 g/mol. The average Bonchev–Trinajstić information content (AvgIpc) is 2.33. The lowest BCUT2D eigenvalue weighted by Crippen LogP contribution is -2.24. The quantitative estimate of drug-likeness (QED) is 0.566. The minimum Gasteiger partial charge on any atom is -0.356 e. The highest BCUT2D eigenvalue weighted by Crippen LogP contribution is 2.08. The molecule has 0 aromatic rings. The summed E-state index contributed by atoms with van der Waals surface area (Å²) >= 11 is 1.36. The zero-order valence-corrected chi connectivity index (χ0v) is 12.2. The molecule has 0 aromatic carbocycles. The smallest absolute Gasteiger partial charge is 0.219 e. The Balaban J connectivity index is 3.19. The Morgan fingerprint density at radius 3 is 2.44 bits per heavy atom. The minimum atomic E-state index is 0.141. The van der Waals surface area contributed by atoms with Crippen molar-refractivity contribution in [3.63, 3.8) is 0 Å². The van der Waals surface area contributed by atoms with Gasteiger partial charge in [-0.3, -0.25) is 9.59 Å². The van der Waals surface area contributed by atoms with Gasteiger partial charge >= 0.3 is 0 Å². The third-order valence-corrected chi connectivity index (χ3v) is 3.46. The zero-order valence-electron chi connectivity index (χ0n) is 11.4. The molecule has 0 unspecified atom stereocenters. The summed E-state index contributed by atoms with van der Waals surface area (Å²) in [7, 11) is 0. The molecule has 0 fully saturated rings. The molecule has 3 N–H and O–H groups in total. The van der Waals surface area contributed by atoms with Crippen molar-refractivity contribution in [2.75, 3.05) is 18.8 Å². The Morgan fingerprint density at radius 1 is 1.06 bits per heavy atom. The van der Waals surface area contributed by atoms with Gasteiger partial charge in [-0.1, -0.05) is 24.6 Å². The molecule has 106 valence electrons. The van der Waals surface area contributed by atoms with E-state index in [1.54, 1.807) is 6.92 Å². The van der Waals surface area contributed by atoms with Crippen molar-refractivity contribution in [1.82, 2.24) is 5.32 Å². The monoisotopic (exact) mass is 274 g/mol. The van der Waals surface area contributed by atoms with E-state index in [1.807, 2.05) is 0 Å². The van der Waals surface area contributed by atoms with E-state index in [9.17, 15) is 9.59 Å². The molecule has 0 bridgehead atoms. The van der Waals surface area contributed by atoms with E-state index in [0.717, 1.165) is 57.4 Å². The van der Waals surface area contributed by atoms with Crippen molar-refractivity contribution >= 4 is 22.8 Å². The normalized spacial score (nSPS) is 10.3. The first kappa shape index (κ1) is 17.4. The summed E-state index contributed by atoms with van der Waals surface area (Å²) in [5.41, 5.74) is 5.38. The summed E-state index contributed by atoms with van der Waals surface area (Å²) in [6, 6.07) is 0. The Labute approximate surface area is 114 Å². The number of hydrogen-bond donors (Lipinski definition) is 2. The van der Waals surface area contributed by atoms with E-state index < -0.39 is 0 Å². The van der Waals surface area contributed by atoms with E-state index in [1.165, 1.54) is 11.8 Å². The van der Waals surface area contributed by atoms with Gasteiger partial charge in [0.25, 0.3) is 0 Å². The molecule has 0 rings (SSSR count). The van der Waals surface area contributed by atoms with Crippen LogP contribution in [0.2, 0.25) is 0 Å². The summed E-state index contributed by atoms with van der Waals surface area (Å²) in [6.07, 6.45) is 6.66. The Bertz CT molecular complexity index is 235. The molecule has 0 aliphatic carbocycles. The van der Waals surface area contributed by atoms with Gasteiger partial charge in [0.2, 0.25) is 5.91 Å². The largest absolute Gasteiger partial charge is 0.356 e. The molecule has 0 aliphatic heterocycles. The van der Waals surface area contributed by atoms with Crippen LogP contribution in [0.3, 0.4) is 0 Å². The number of nitrogens with two attached hydrogens (primary N) is 1.